The number of nitrogens with one attached hydrogen (secondary N) is 1. The molecule has 0 unspecified atom stereocenters. The summed E-state index contributed by atoms with van der Waals surface area (Å²) in [6.45, 7) is 5.49. The number of hydrogen-bond donors (Lipinski definition) is 1. The van der Waals surface area contributed by atoms with Crippen molar-refractivity contribution in [1.82, 2.24) is 4.98 Å². The first-order chi connectivity index (χ1) is 16.0. The number of para-hydroxylation sites is 1. The summed E-state index contributed by atoms with van der Waals surface area (Å²) in [5, 5.41) is 13.6. The molecule has 0 bridgehead atoms. The number of carbonyl (C=O) groups excluding carboxylic acids is 2. The SMILES string of the molecule is CCOC(=O)c1sc(NC(=O)c2c(C)c(-c3ccccc3)nc3ccccc23)c(C#N)c1C. The van der Waals surface area contributed by atoms with E-state index in [1.54, 1.807) is 13.8 Å². The number of aromatic nitrogens is 1. The highest BCUT2D eigenvalue weighted by atomic mass is 32.1. The van der Waals surface area contributed by atoms with E-state index in [4.69, 9.17) is 9.72 Å². The van der Waals surface area contributed by atoms with Crippen molar-refractivity contribution >= 4 is 39.1 Å². The summed E-state index contributed by atoms with van der Waals surface area (Å²) in [7, 11) is 0. The average Bonchev–Trinajstić information content (AvgIpc) is 3.14. The topological polar surface area (TPSA) is 92.1 Å². The quantitative estimate of drug-likeness (QED) is 0.379. The number of pyridine rings is 1. The zero-order valence-corrected chi connectivity index (χ0v) is 19.2. The molecule has 1 amide bonds. The minimum atomic E-state index is -0.506. The van der Waals surface area contributed by atoms with E-state index >= 15 is 0 Å². The Labute approximate surface area is 195 Å². The van der Waals surface area contributed by atoms with E-state index in [0.717, 1.165) is 28.2 Å². The van der Waals surface area contributed by atoms with Gasteiger partial charge in [-0.05, 0) is 38.0 Å². The zero-order valence-electron chi connectivity index (χ0n) is 18.4. The second-order valence-corrected chi connectivity index (χ2v) is 8.41. The molecule has 0 saturated heterocycles. The van der Waals surface area contributed by atoms with Crippen LogP contribution in [0.2, 0.25) is 0 Å². The second kappa shape index (κ2) is 9.23. The first-order valence-corrected chi connectivity index (χ1v) is 11.2. The number of esters is 1. The average molecular weight is 456 g/mol. The van der Waals surface area contributed by atoms with Gasteiger partial charge < -0.3 is 10.1 Å². The van der Waals surface area contributed by atoms with Gasteiger partial charge in [0.25, 0.3) is 5.91 Å². The van der Waals surface area contributed by atoms with Crippen molar-refractivity contribution in [2.45, 2.75) is 20.8 Å². The molecular formula is C26H21N3O3S. The van der Waals surface area contributed by atoms with Crippen molar-refractivity contribution in [3.05, 3.63) is 81.7 Å². The lowest BCUT2D eigenvalue weighted by Crippen LogP contribution is -2.15. The summed E-state index contributed by atoms with van der Waals surface area (Å²) in [6.07, 6.45) is 0. The molecule has 0 saturated carbocycles. The molecule has 6 nitrogen and oxygen atoms in total. The molecule has 4 aromatic rings. The van der Waals surface area contributed by atoms with E-state index in [0.29, 0.717) is 31.9 Å². The maximum Gasteiger partial charge on any atom is 0.348 e. The summed E-state index contributed by atoms with van der Waals surface area (Å²) in [5.41, 5.74) is 4.29. The Morgan fingerprint density at radius 3 is 2.45 bits per heavy atom. The number of nitrogens with zero attached hydrogens (tertiary/aromatic N) is 2. The number of fused-ring (bicyclic) bond motifs is 1. The molecule has 33 heavy (non-hydrogen) atoms. The lowest BCUT2D eigenvalue weighted by Gasteiger charge is -2.14. The van der Waals surface area contributed by atoms with Crippen LogP contribution in [0, 0.1) is 25.2 Å². The van der Waals surface area contributed by atoms with E-state index in [-0.39, 0.29) is 18.1 Å². The smallest absolute Gasteiger partial charge is 0.348 e. The van der Waals surface area contributed by atoms with E-state index in [1.807, 2.05) is 61.5 Å². The lowest BCUT2D eigenvalue weighted by atomic mass is 9.97. The lowest BCUT2D eigenvalue weighted by molar-refractivity contribution is 0.0531. The summed E-state index contributed by atoms with van der Waals surface area (Å²) in [5.74, 6) is -0.870. The molecular weight excluding hydrogens is 434 g/mol. The number of ether oxygens (including phenoxy) is 1. The number of benzene rings is 2. The van der Waals surface area contributed by atoms with Gasteiger partial charge in [0.15, 0.2) is 0 Å². The Morgan fingerprint density at radius 1 is 1.06 bits per heavy atom. The third-order valence-corrected chi connectivity index (χ3v) is 6.54. The predicted molar refractivity (Wildman–Crippen MR) is 130 cm³/mol. The molecule has 0 aliphatic carbocycles. The number of thiophene rings is 1. The van der Waals surface area contributed by atoms with E-state index in [9.17, 15) is 14.9 Å². The molecule has 1 N–H and O–H groups in total. The molecule has 7 heteroatoms. The molecule has 164 valence electrons. The summed E-state index contributed by atoms with van der Waals surface area (Å²) < 4.78 is 5.09. The number of rotatable bonds is 5. The van der Waals surface area contributed by atoms with Crippen LogP contribution in [-0.2, 0) is 4.74 Å². The van der Waals surface area contributed by atoms with Gasteiger partial charge in [-0.3, -0.25) is 4.79 Å². The van der Waals surface area contributed by atoms with Crippen molar-refractivity contribution in [3.8, 4) is 17.3 Å². The van der Waals surface area contributed by atoms with Crippen LogP contribution in [0.15, 0.2) is 54.6 Å². The Hall–Kier alpha value is -4.02. The number of hydrogen-bond acceptors (Lipinski definition) is 6. The summed E-state index contributed by atoms with van der Waals surface area (Å²) in [6, 6.07) is 19.2. The molecule has 0 fully saturated rings. The predicted octanol–water partition coefficient (Wildman–Crippen LogP) is 5.88. The fourth-order valence-corrected chi connectivity index (χ4v) is 4.82. The van der Waals surface area contributed by atoms with E-state index in [2.05, 4.69) is 11.4 Å². The molecule has 2 aromatic heterocycles. The van der Waals surface area contributed by atoms with Gasteiger partial charge in [-0.2, -0.15) is 5.26 Å². The number of amides is 1. The van der Waals surface area contributed by atoms with Gasteiger partial charge in [0.2, 0.25) is 0 Å². The maximum absolute atomic E-state index is 13.6. The molecule has 2 aromatic carbocycles. The molecule has 4 rings (SSSR count). The zero-order chi connectivity index (χ0) is 23.5. The van der Waals surface area contributed by atoms with Gasteiger partial charge in [-0.15, -0.1) is 11.3 Å². The first-order valence-electron chi connectivity index (χ1n) is 10.4. The standard InChI is InChI=1S/C26H21N3O3S/c1-4-32-26(31)23-15(2)19(14-27)25(33-23)29-24(30)21-16(3)22(17-10-6-5-7-11-17)28-20-13-9-8-12-18(20)21/h5-13H,4H2,1-3H3,(H,29,30). The minimum absolute atomic E-state index is 0.226. The molecule has 2 heterocycles. The number of anilines is 1. The number of carbonyl (C=O) groups is 2. The third kappa shape index (κ3) is 4.09. The fourth-order valence-electron chi connectivity index (χ4n) is 3.77. The Balaban J connectivity index is 1.83. The fraction of sp³-hybridized carbons (Fsp3) is 0.154. The van der Waals surface area contributed by atoms with Gasteiger partial charge in [-0.25, -0.2) is 9.78 Å². The van der Waals surface area contributed by atoms with Crippen molar-refractivity contribution in [2.75, 3.05) is 11.9 Å². The van der Waals surface area contributed by atoms with Gasteiger partial charge in [0.1, 0.15) is 15.9 Å². The summed E-state index contributed by atoms with van der Waals surface area (Å²) >= 11 is 1.05. The molecule has 0 atom stereocenters. The molecule has 0 spiro atoms. The highest BCUT2D eigenvalue weighted by Crippen LogP contribution is 2.35. The Kier molecular flexibility index (Phi) is 6.20. The second-order valence-electron chi connectivity index (χ2n) is 7.39. The van der Waals surface area contributed by atoms with Crippen LogP contribution in [0.3, 0.4) is 0 Å². The maximum atomic E-state index is 13.6. The Morgan fingerprint density at radius 2 is 1.76 bits per heavy atom. The van der Waals surface area contributed by atoms with Crippen LogP contribution in [0.5, 0.6) is 0 Å². The van der Waals surface area contributed by atoms with Crippen molar-refractivity contribution in [3.63, 3.8) is 0 Å². The molecule has 0 aliphatic rings. The van der Waals surface area contributed by atoms with Crippen LogP contribution >= 0.6 is 11.3 Å². The third-order valence-electron chi connectivity index (χ3n) is 5.36. The normalized spacial score (nSPS) is 10.6. The van der Waals surface area contributed by atoms with Gasteiger partial charge >= 0.3 is 5.97 Å². The van der Waals surface area contributed by atoms with Crippen LogP contribution in [0.4, 0.5) is 5.00 Å². The highest BCUT2D eigenvalue weighted by molar-refractivity contribution is 7.18. The van der Waals surface area contributed by atoms with Gasteiger partial charge in [-0.1, -0.05) is 48.5 Å². The minimum Gasteiger partial charge on any atom is -0.462 e. The van der Waals surface area contributed by atoms with Crippen molar-refractivity contribution in [2.24, 2.45) is 0 Å². The van der Waals surface area contributed by atoms with Crippen molar-refractivity contribution < 1.29 is 14.3 Å². The van der Waals surface area contributed by atoms with Crippen LogP contribution < -0.4 is 5.32 Å². The number of nitriles is 1. The monoisotopic (exact) mass is 455 g/mol. The Bertz CT molecular complexity index is 1420. The van der Waals surface area contributed by atoms with E-state index in [1.165, 1.54) is 0 Å². The van der Waals surface area contributed by atoms with Gasteiger partial charge in [0, 0.05) is 10.9 Å². The summed E-state index contributed by atoms with van der Waals surface area (Å²) in [4.78, 5) is 31.0. The first kappa shape index (κ1) is 22.2. The van der Waals surface area contributed by atoms with Crippen molar-refractivity contribution in [1.29, 1.82) is 5.26 Å². The van der Waals surface area contributed by atoms with Crippen LogP contribution in [-0.4, -0.2) is 23.5 Å². The van der Waals surface area contributed by atoms with Crippen LogP contribution in [0.1, 0.15) is 43.6 Å². The largest absolute Gasteiger partial charge is 0.462 e. The van der Waals surface area contributed by atoms with Crippen LogP contribution in [0.25, 0.3) is 22.2 Å². The van der Waals surface area contributed by atoms with Gasteiger partial charge in [0.05, 0.1) is 28.9 Å². The van der Waals surface area contributed by atoms with E-state index < -0.39 is 5.97 Å². The molecule has 0 aliphatic heterocycles. The molecule has 0 radical (unpaired) electrons. The highest BCUT2D eigenvalue weighted by Gasteiger charge is 2.24.